The molecule has 6 heteroatoms. The highest BCUT2D eigenvalue weighted by Gasteiger charge is 2.13. The number of ether oxygens (including phenoxy) is 1. The van der Waals surface area contributed by atoms with Crippen LogP contribution in [0.2, 0.25) is 0 Å². The number of pyridine rings is 1. The number of hydrogen-bond acceptors (Lipinski definition) is 4. The van der Waals surface area contributed by atoms with Gasteiger partial charge in [0.05, 0.1) is 13.1 Å². The lowest BCUT2D eigenvalue weighted by Crippen LogP contribution is -2.40. The Morgan fingerprint density at radius 3 is 2.64 bits per heavy atom. The van der Waals surface area contributed by atoms with Gasteiger partial charge in [-0.1, -0.05) is 24.3 Å². The van der Waals surface area contributed by atoms with E-state index in [0.717, 1.165) is 49.3 Å². The Bertz CT molecular complexity index is 726. The van der Waals surface area contributed by atoms with Gasteiger partial charge in [0.15, 0.2) is 5.96 Å². The second-order valence-electron chi connectivity index (χ2n) is 6.97. The second kappa shape index (κ2) is 10.5. The lowest BCUT2D eigenvalue weighted by Gasteiger charge is -2.22. The summed E-state index contributed by atoms with van der Waals surface area (Å²) < 4.78 is 5.79. The van der Waals surface area contributed by atoms with Crippen molar-refractivity contribution in [2.45, 2.75) is 26.3 Å². The van der Waals surface area contributed by atoms with Crippen LogP contribution in [0, 0.1) is 0 Å². The molecule has 0 unspecified atom stereocenters. The Balaban J connectivity index is 1.52. The van der Waals surface area contributed by atoms with E-state index in [1.165, 1.54) is 12.8 Å². The Labute approximate surface area is 168 Å². The Morgan fingerprint density at radius 1 is 1.18 bits per heavy atom. The smallest absolute Gasteiger partial charge is 0.194 e. The summed E-state index contributed by atoms with van der Waals surface area (Å²) in [6.45, 7) is 7.12. The van der Waals surface area contributed by atoms with Gasteiger partial charge in [0.2, 0.25) is 0 Å². The minimum Gasteiger partial charge on any atom is -0.492 e. The Kier molecular flexibility index (Phi) is 7.53. The molecule has 0 amide bonds. The van der Waals surface area contributed by atoms with Crippen LogP contribution in [0.4, 0.5) is 5.82 Å². The van der Waals surface area contributed by atoms with E-state index in [1.807, 2.05) is 43.6 Å². The molecule has 0 radical (unpaired) electrons. The molecule has 0 atom stereocenters. The van der Waals surface area contributed by atoms with E-state index in [0.29, 0.717) is 13.2 Å². The first kappa shape index (κ1) is 20.0. The van der Waals surface area contributed by atoms with Gasteiger partial charge in [-0.3, -0.25) is 0 Å². The van der Waals surface area contributed by atoms with Gasteiger partial charge >= 0.3 is 0 Å². The number of benzene rings is 1. The molecule has 0 bridgehead atoms. The summed E-state index contributed by atoms with van der Waals surface area (Å²) in [5.74, 6) is 2.84. The highest BCUT2D eigenvalue weighted by atomic mass is 16.5. The van der Waals surface area contributed by atoms with Gasteiger partial charge in [-0.25, -0.2) is 9.98 Å². The third-order valence-electron chi connectivity index (χ3n) is 4.79. The van der Waals surface area contributed by atoms with Gasteiger partial charge in [0.25, 0.3) is 0 Å². The molecule has 0 spiro atoms. The fraction of sp³-hybridized carbons (Fsp3) is 0.455. The summed E-state index contributed by atoms with van der Waals surface area (Å²) >= 11 is 0. The van der Waals surface area contributed by atoms with Crippen LogP contribution < -0.4 is 15.0 Å². The quantitative estimate of drug-likeness (QED) is 0.562. The fourth-order valence-electron chi connectivity index (χ4n) is 3.20. The molecule has 0 saturated carbocycles. The monoisotopic (exact) mass is 381 g/mol. The van der Waals surface area contributed by atoms with Crippen LogP contribution in [0.25, 0.3) is 0 Å². The first-order valence-electron chi connectivity index (χ1n) is 10.1. The highest BCUT2D eigenvalue weighted by molar-refractivity contribution is 5.79. The average molecular weight is 382 g/mol. The molecule has 3 rings (SSSR count). The Hall–Kier alpha value is -2.76. The summed E-state index contributed by atoms with van der Waals surface area (Å²) in [6.07, 6.45) is 4.47. The molecular formula is C22H31N5O. The SMILES string of the molecule is CCNC(=NCc1ccc(N2CCCC2)nc1)N(C)CCOc1ccccc1. The summed E-state index contributed by atoms with van der Waals surface area (Å²) in [4.78, 5) is 13.8. The van der Waals surface area contributed by atoms with Gasteiger partial charge < -0.3 is 19.9 Å². The van der Waals surface area contributed by atoms with E-state index >= 15 is 0 Å². The molecule has 1 aliphatic rings. The third kappa shape index (κ3) is 5.87. The first-order chi connectivity index (χ1) is 13.8. The van der Waals surface area contributed by atoms with Crippen molar-refractivity contribution in [3.63, 3.8) is 0 Å². The van der Waals surface area contributed by atoms with E-state index in [1.54, 1.807) is 0 Å². The zero-order chi connectivity index (χ0) is 19.6. The molecule has 2 heterocycles. The molecule has 1 fully saturated rings. The topological polar surface area (TPSA) is 53.0 Å². The zero-order valence-electron chi connectivity index (χ0n) is 17.0. The molecule has 1 aromatic heterocycles. The van der Waals surface area contributed by atoms with Crippen LogP contribution >= 0.6 is 0 Å². The van der Waals surface area contributed by atoms with Crippen molar-refractivity contribution in [1.29, 1.82) is 0 Å². The molecule has 150 valence electrons. The minimum absolute atomic E-state index is 0.608. The summed E-state index contributed by atoms with van der Waals surface area (Å²) in [6, 6.07) is 14.1. The molecule has 1 aromatic carbocycles. The van der Waals surface area contributed by atoms with Gasteiger partial charge in [0.1, 0.15) is 18.2 Å². The lowest BCUT2D eigenvalue weighted by molar-refractivity contribution is 0.281. The number of aliphatic imine (C=N–C) groups is 1. The van der Waals surface area contributed by atoms with Gasteiger partial charge in [-0.05, 0) is 43.5 Å². The van der Waals surface area contributed by atoms with E-state index in [-0.39, 0.29) is 0 Å². The van der Waals surface area contributed by atoms with Crippen molar-refractivity contribution >= 4 is 11.8 Å². The van der Waals surface area contributed by atoms with E-state index < -0.39 is 0 Å². The predicted molar refractivity (Wildman–Crippen MR) is 115 cm³/mol. The number of nitrogens with zero attached hydrogens (tertiary/aromatic N) is 4. The number of rotatable bonds is 8. The maximum Gasteiger partial charge on any atom is 0.194 e. The summed E-state index contributed by atoms with van der Waals surface area (Å²) in [7, 11) is 2.03. The zero-order valence-corrected chi connectivity index (χ0v) is 17.0. The number of guanidine groups is 1. The van der Waals surface area contributed by atoms with Crippen LogP contribution in [0.1, 0.15) is 25.3 Å². The number of anilines is 1. The van der Waals surface area contributed by atoms with Gasteiger partial charge in [-0.2, -0.15) is 0 Å². The molecule has 6 nitrogen and oxygen atoms in total. The van der Waals surface area contributed by atoms with Crippen molar-refractivity contribution < 1.29 is 4.74 Å². The van der Waals surface area contributed by atoms with Crippen molar-refractivity contribution in [2.24, 2.45) is 4.99 Å². The molecule has 0 aliphatic carbocycles. The molecular weight excluding hydrogens is 350 g/mol. The molecule has 28 heavy (non-hydrogen) atoms. The van der Waals surface area contributed by atoms with Crippen LogP contribution in [-0.4, -0.2) is 55.7 Å². The van der Waals surface area contributed by atoms with Crippen molar-refractivity contribution in [3.05, 3.63) is 54.2 Å². The van der Waals surface area contributed by atoms with Crippen LogP contribution in [-0.2, 0) is 6.54 Å². The van der Waals surface area contributed by atoms with Crippen molar-refractivity contribution in [2.75, 3.05) is 44.7 Å². The summed E-state index contributed by atoms with van der Waals surface area (Å²) in [5.41, 5.74) is 1.12. The van der Waals surface area contributed by atoms with Crippen LogP contribution in [0.3, 0.4) is 0 Å². The van der Waals surface area contributed by atoms with E-state index in [2.05, 4.69) is 39.2 Å². The normalized spacial score (nSPS) is 14.2. The predicted octanol–water partition coefficient (Wildman–Crippen LogP) is 3.16. The number of likely N-dealkylation sites (N-methyl/N-ethyl adjacent to an activating group) is 1. The number of aromatic nitrogens is 1. The number of nitrogens with one attached hydrogen (secondary N) is 1. The van der Waals surface area contributed by atoms with E-state index in [4.69, 9.17) is 9.73 Å². The third-order valence-corrected chi connectivity index (χ3v) is 4.79. The van der Waals surface area contributed by atoms with Crippen molar-refractivity contribution in [3.8, 4) is 5.75 Å². The molecule has 1 saturated heterocycles. The highest BCUT2D eigenvalue weighted by Crippen LogP contribution is 2.17. The van der Waals surface area contributed by atoms with E-state index in [9.17, 15) is 0 Å². The fourth-order valence-corrected chi connectivity index (χ4v) is 3.20. The van der Waals surface area contributed by atoms with Gasteiger partial charge in [-0.15, -0.1) is 0 Å². The lowest BCUT2D eigenvalue weighted by atomic mass is 10.3. The maximum atomic E-state index is 5.79. The molecule has 1 N–H and O–H groups in total. The number of hydrogen-bond donors (Lipinski definition) is 1. The summed E-state index contributed by atoms with van der Waals surface area (Å²) in [5, 5.41) is 3.35. The van der Waals surface area contributed by atoms with Crippen LogP contribution in [0.5, 0.6) is 5.75 Å². The minimum atomic E-state index is 0.608. The average Bonchev–Trinajstić information content (AvgIpc) is 3.27. The maximum absolute atomic E-state index is 5.79. The molecule has 2 aromatic rings. The standard InChI is InChI=1S/C22H31N5O/c1-3-23-22(26(2)15-16-28-20-9-5-4-6-10-20)25-18-19-11-12-21(24-17-19)27-13-7-8-14-27/h4-6,9-12,17H,3,7-8,13-16,18H2,1-2H3,(H,23,25). The first-order valence-corrected chi connectivity index (χ1v) is 10.1. The molecule has 1 aliphatic heterocycles. The largest absolute Gasteiger partial charge is 0.492 e. The Morgan fingerprint density at radius 2 is 1.96 bits per heavy atom. The van der Waals surface area contributed by atoms with Gasteiger partial charge in [0, 0.05) is 32.9 Å². The van der Waals surface area contributed by atoms with Crippen molar-refractivity contribution in [1.82, 2.24) is 15.2 Å². The number of para-hydroxylation sites is 1. The van der Waals surface area contributed by atoms with Crippen LogP contribution in [0.15, 0.2) is 53.7 Å². The second-order valence-corrected chi connectivity index (χ2v) is 6.97.